The molecule has 98 valence electrons. The second-order valence-corrected chi connectivity index (χ2v) is 4.86. The first-order valence-corrected chi connectivity index (χ1v) is 6.35. The van der Waals surface area contributed by atoms with Gasteiger partial charge in [-0.25, -0.2) is 9.78 Å². The van der Waals surface area contributed by atoms with E-state index in [-0.39, 0.29) is 5.91 Å². The average Bonchev–Trinajstić information content (AvgIpc) is 2.86. The number of aryl methyl sites for hydroxylation is 1. The van der Waals surface area contributed by atoms with Crippen molar-refractivity contribution < 1.29 is 14.3 Å². The van der Waals surface area contributed by atoms with E-state index in [1.165, 1.54) is 7.11 Å². The standard InChI is InChI=1S/C13H12N2O3S/c1-8-4-3-5-9(14-8)12(16)15-11-7-6-10(19-11)13(17)18-2/h3-7H,1-2H3,(H,15,16). The molecule has 0 spiro atoms. The second kappa shape index (κ2) is 5.62. The van der Waals surface area contributed by atoms with E-state index in [0.29, 0.717) is 15.6 Å². The van der Waals surface area contributed by atoms with Crippen LogP contribution in [-0.2, 0) is 4.74 Å². The van der Waals surface area contributed by atoms with Gasteiger partial charge in [0.05, 0.1) is 12.1 Å². The Morgan fingerprint density at radius 2 is 2.05 bits per heavy atom. The Bertz CT molecular complexity index is 622. The Balaban J connectivity index is 2.11. The highest BCUT2D eigenvalue weighted by atomic mass is 32.1. The number of nitrogens with one attached hydrogen (secondary N) is 1. The summed E-state index contributed by atoms with van der Waals surface area (Å²) < 4.78 is 4.60. The molecule has 2 rings (SSSR count). The van der Waals surface area contributed by atoms with E-state index in [1.807, 2.05) is 13.0 Å². The van der Waals surface area contributed by atoms with Crippen molar-refractivity contribution in [3.8, 4) is 0 Å². The van der Waals surface area contributed by atoms with E-state index in [9.17, 15) is 9.59 Å². The number of carbonyl (C=O) groups excluding carboxylic acids is 2. The first-order valence-electron chi connectivity index (χ1n) is 5.53. The third-order valence-electron chi connectivity index (χ3n) is 2.35. The molecule has 1 N–H and O–H groups in total. The Morgan fingerprint density at radius 1 is 1.26 bits per heavy atom. The summed E-state index contributed by atoms with van der Waals surface area (Å²) in [6.45, 7) is 1.82. The number of ether oxygens (including phenoxy) is 1. The van der Waals surface area contributed by atoms with Gasteiger partial charge in [0, 0.05) is 5.69 Å². The Hall–Kier alpha value is -2.21. The van der Waals surface area contributed by atoms with E-state index in [4.69, 9.17) is 0 Å². The molecular formula is C13H12N2O3S. The van der Waals surface area contributed by atoms with Crippen LogP contribution in [0.5, 0.6) is 0 Å². The number of thiophene rings is 1. The van der Waals surface area contributed by atoms with Gasteiger partial charge >= 0.3 is 5.97 Å². The van der Waals surface area contributed by atoms with Crippen molar-refractivity contribution in [3.63, 3.8) is 0 Å². The van der Waals surface area contributed by atoms with Crippen molar-refractivity contribution in [2.45, 2.75) is 6.92 Å². The van der Waals surface area contributed by atoms with Crippen LogP contribution in [0.3, 0.4) is 0 Å². The number of amides is 1. The SMILES string of the molecule is COC(=O)c1ccc(NC(=O)c2cccc(C)n2)s1. The second-order valence-electron chi connectivity index (χ2n) is 3.77. The molecule has 6 heteroatoms. The zero-order chi connectivity index (χ0) is 13.8. The molecule has 0 aliphatic carbocycles. The van der Waals surface area contributed by atoms with Crippen molar-refractivity contribution in [2.75, 3.05) is 12.4 Å². The molecule has 2 aromatic rings. The molecule has 0 saturated heterocycles. The molecule has 1 amide bonds. The largest absolute Gasteiger partial charge is 0.465 e. The molecule has 2 heterocycles. The number of esters is 1. The number of carbonyl (C=O) groups is 2. The predicted octanol–water partition coefficient (Wildman–Crippen LogP) is 2.49. The molecule has 19 heavy (non-hydrogen) atoms. The van der Waals surface area contributed by atoms with E-state index in [1.54, 1.807) is 24.3 Å². The predicted molar refractivity (Wildman–Crippen MR) is 72.6 cm³/mol. The zero-order valence-electron chi connectivity index (χ0n) is 10.5. The summed E-state index contributed by atoms with van der Waals surface area (Å²) in [5.41, 5.74) is 1.11. The van der Waals surface area contributed by atoms with Crippen molar-refractivity contribution in [3.05, 3.63) is 46.6 Å². The normalized spacial score (nSPS) is 10.0. The summed E-state index contributed by atoms with van der Waals surface area (Å²) in [6.07, 6.45) is 0. The quantitative estimate of drug-likeness (QED) is 0.874. The summed E-state index contributed by atoms with van der Waals surface area (Å²) >= 11 is 1.16. The monoisotopic (exact) mass is 276 g/mol. The van der Waals surface area contributed by atoms with Gasteiger partial charge in [-0.2, -0.15) is 0 Å². The minimum absolute atomic E-state index is 0.304. The Morgan fingerprint density at radius 3 is 2.74 bits per heavy atom. The number of pyridine rings is 1. The van der Waals surface area contributed by atoms with Crippen LogP contribution in [0.15, 0.2) is 30.3 Å². The van der Waals surface area contributed by atoms with Gasteiger partial charge in [0.1, 0.15) is 10.6 Å². The number of hydrogen-bond acceptors (Lipinski definition) is 5. The summed E-state index contributed by atoms with van der Waals surface area (Å²) in [5.74, 6) is -0.721. The van der Waals surface area contributed by atoms with Gasteiger partial charge in [-0.1, -0.05) is 6.07 Å². The van der Waals surface area contributed by atoms with E-state index in [0.717, 1.165) is 17.0 Å². The van der Waals surface area contributed by atoms with Gasteiger partial charge in [-0.3, -0.25) is 4.79 Å². The number of aromatic nitrogens is 1. The molecule has 0 bridgehead atoms. The lowest BCUT2D eigenvalue weighted by Crippen LogP contribution is -2.13. The highest BCUT2D eigenvalue weighted by Crippen LogP contribution is 2.22. The molecule has 0 aromatic carbocycles. The third kappa shape index (κ3) is 3.17. The first-order chi connectivity index (χ1) is 9.10. The fourth-order valence-corrected chi connectivity index (χ4v) is 2.28. The maximum Gasteiger partial charge on any atom is 0.348 e. The Labute approximate surface area is 114 Å². The summed E-state index contributed by atoms with van der Waals surface area (Å²) in [4.78, 5) is 27.8. The molecule has 0 atom stereocenters. The molecule has 5 nitrogen and oxygen atoms in total. The smallest absolute Gasteiger partial charge is 0.348 e. The van der Waals surface area contributed by atoms with Gasteiger partial charge in [0.15, 0.2) is 0 Å². The van der Waals surface area contributed by atoms with Gasteiger partial charge in [0.25, 0.3) is 5.91 Å². The maximum absolute atomic E-state index is 11.9. The van der Waals surface area contributed by atoms with Crippen molar-refractivity contribution in [1.82, 2.24) is 4.98 Å². The van der Waals surface area contributed by atoms with Crippen LogP contribution in [0, 0.1) is 6.92 Å². The van der Waals surface area contributed by atoms with Gasteiger partial charge < -0.3 is 10.1 Å². The lowest BCUT2D eigenvalue weighted by molar-refractivity contribution is 0.0606. The van der Waals surface area contributed by atoms with Crippen LogP contribution < -0.4 is 5.32 Å². The van der Waals surface area contributed by atoms with Crippen LogP contribution in [0.1, 0.15) is 25.9 Å². The number of methoxy groups -OCH3 is 1. The van der Waals surface area contributed by atoms with Crippen molar-refractivity contribution >= 4 is 28.2 Å². The van der Waals surface area contributed by atoms with Crippen LogP contribution in [0.25, 0.3) is 0 Å². The number of anilines is 1. The maximum atomic E-state index is 11.9. The van der Waals surface area contributed by atoms with Crippen molar-refractivity contribution in [2.24, 2.45) is 0 Å². The molecule has 2 aromatic heterocycles. The zero-order valence-corrected chi connectivity index (χ0v) is 11.3. The van der Waals surface area contributed by atoms with E-state index in [2.05, 4.69) is 15.0 Å². The number of rotatable bonds is 3. The third-order valence-corrected chi connectivity index (χ3v) is 3.33. The van der Waals surface area contributed by atoms with Gasteiger partial charge in [0.2, 0.25) is 0 Å². The topological polar surface area (TPSA) is 68.3 Å². The molecule has 0 unspecified atom stereocenters. The lowest BCUT2D eigenvalue weighted by atomic mass is 10.3. The molecule has 0 aliphatic rings. The molecule has 0 fully saturated rings. The highest BCUT2D eigenvalue weighted by molar-refractivity contribution is 7.18. The first kappa shape index (κ1) is 13.2. The molecule has 0 aliphatic heterocycles. The van der Waals surface area contributed by atoms with Crippen LogP contribution in [-0.4, -0.2) is 24.0 Å². The van der Waals surface area contributed by atoms with E-state index < -0.39 is 5.97 Å². The molecular weight excluding hydrogens is 264 g/mol. The number of hydrogen-bond donors (Lipinski definition) is 1. The average molecular weight is 276 g/mol. The minimum atomic E-state index is -0.417. The number of nitrogens with zero attached hydrogens (tertiary/aromatic N) is 1. The lowest BCUT2D eigenvalue weighted by Gasteiger charge is -2.02. The van der Waals surface area contributed by atoms with Crippen LogP contribution >= 0.6 is 11.3 Å². The fraction of sp³-hybridized carbons (Fsp3) is 0.154. The Kier molecular flexibility index (Phi) is 3.91. The van der Waals surface area contributed by atoms with Crippen molar-refractivity contribution in [1.29, 1.82) is 0 Å². The highest BCUT2D eigenvalue weighted by Gasteiger charge is 2.12. The van der Waals surface area contributed by atoms with Gasteiger partial charge in [-0.05, 0) is 31.2 Å². The molecule has 0 radical (unpaired) electrons. The van der Waals surface area contributed by atoms with Crippen LogP contribution in [0.4, 0.5) is 5.00 Å². The molecule has 0 saturated carbocycles. The van der Waals surface area contributed by atoms with Crippen LogP contribution in [0.2, 0.25) is 0 Å². The summed E-state index contributed by atoms with van der Waals surface area (Å²) in [6, 6.07) is 8.49. The summed E-state index contributed by atoms with van der Waals surface area (Å²) in [7, 11) is 1.32. The van der Waals surface area contributed by atoms with E-state index >= 15 is 0 Å². The van der Waals surface area contributed by atoms with Gasteiger partial charge in [-0.15, -0.1) is 11.3 Å². The summed E-state index contributed by atoms with van der Waals surface area (Å²) in [5, 5.41) is 3.27. The minimum Gasteiger partial charge on any atom is -0.465 e. The fourth-order valence-electron chi connectivity index (χ4n) is 1.46.